The molecule has 4 heteroatoms. The predicted molar refractivity (Wildman–Crippen MR) is 81.0 cm³/mol. The highest BCUT2D eigenvalue weighted by atomic mass is 35.5. The number of rotatable bonds is 2. The van der Waals surface area contributed by atoms with Crippen LogP contribution in [0.4, 0.5) is 0 Å². The van der Waals surface area contributed by atoms with Gasteiger partial charge >= 0.3 is 0 Å². The molecule has 0 bridgehead atoms. The monoisotopic (exact) mass is 296 g/mol. The highest BCUT2D eigenvalue weighted by Crippen LogP contribution is 2.29. The first-order valence-corrected chi connectivity index (χ1v) is 7.81. The SMILES string of the molecule is Clc1cc2nc(CC3CCCCCC3)[nH]c2cc1Cl. The van der Waals surface area contributed by atoms with E-state index in [0.717, 1.165) is 29.2 Å². The van der Waals surface area contributed by atoms with E-state index in [0.29, 0.717) is 10.0 Å². The second-order valence-electron chi connectivity index (χ2n) is 5.53. The van der Waals surface area contributed by atoms with E-state index >= 15 is 0 Å². The van der Waals surface area contributed by atoms with Crippen LogP contribution in [-0.2, 0) is 6.42 Å². The number of benzene rings is 1. The van der Waals surface area contributed by atoms with Gasteiger partial charge in [0.05, 0.1) is 21.1 Å². The lowest BCUT2D eigenvalue weighted by atomic mass is 9.96. The summed E-state index contributed by atoms with van der Waals surface area (Å²) in [5.74, 6) is 1.84. The third kappa shape index (κ3) is 3.06. The molecule has 1 aliphatic rings. The number of imidazole rings is 1. The molecule has 0 unspecified atom stereocenters. The molecule has 1 heterocycles. The Morgan fingerprint density at radius 3 is 2.47 bits per heavy atom. The number of halogens is 2. The molecule has 1 aliphatic carbocycles. The number of aromatic nitrogens is 2. The first kappa shape index (κ1) is 13.3. The van der Waals surface area contributed by atoms with Gasteiger partial charge in [0.25, 0.3) is 0 Å². The van der Waals surface area contributed by atoms with Crippen molar-refractivity contribution in [1.29, 1.82) is 0 Å². The molecule has 1 N–H and O–H groups in total. The maximum Gasteiger partial charge on any atom is 0.107 e. The first-order valence-electron chi connectivity index (χ1n) is 7.06. The lowest BCUT2D eigenvalue weighted by Crippen LogP contribution is -2.04. The molecule has 19 heavy (non-hydrogen) atoms. The number of hydrogen-bond donors (Lipinski definition) is 1. The van der Waals surface area contributed by atoms with Crippen LogP contribution in [0.2, 0.25) is 10.0 Å². The van der Waals surface area contributed by atoms with Gasteiger partial charge < -0.3 is 4.98 Å². The van der Waals surface area contributed by atoms with Gasteiger partial charge in [0, 0.05) is 6.42 Å². The molecule has 0 atom stereocenters. The van der Waals surface area contributed by atoms with Crippen LogP contribution < -0.4 is 0 Å². The van der Waals surface area contributed by atoms with E-state index in [1.807, 2.05) is 12.1 Å². The van der Waals surface area contributed by atoms with E-state index in [1.54, 1.807) is 0 Å². The van der Waals surface area contributed by atoms with E-state index in [2.05, 4.69) is 9.97 Å². The topological polar surface area (TPSA) is 28.7 Å². The van der Waals surface area contributed by atoms with E-state index in [-0.39, 0.29) is 0 Å². The zero-order chi connectivity index (χ0) is 13.2. The summed E-state index contributed by atoms with van der Waals surface area (Å²) in [4.78, 5) is 8.02. The van der Waals surface area contributed by atoms with E-state index in [1.165, 1.54) is 38.5 Å². The van der Waals surface area contributed by atoms with Gasteiger partial charge in [-0.05, 0) is 18.1 Å². The van der Waals surface area contributed by atoms with Gasteiger partial charge in [-0.3, -0.25) is 0 Å². The quantitative estimate of drug-likeness (QED) is 0.740. The van der Waals surface area contributed by atoms with Crippen molar-refractivity contribution in [2.75, 3.05) is 0 Å². The summed E-state index contributed by atoms with van der Waals surface area (Å²) in [6.45, 7) is 0. The predicted octanol–water partition coefficient (Wildman–Crippen LogP) is 5.38. The number of H-pyrrole nitrogens is 1. The van der Waals surface area contributed by atoms with Crippen LogP contribution in [-0.4, -0.2) is 9.97 Å². The maximum absolute atomic E-state index is 6.03. The van der Waals surface area contributed by atoms with Crippen molar-refractivity contribution in [3.63, 3.8) is 0 Å². The Morgan fingerprint density at radius 2 is 1.74 bits per heavy atom. The summed E-state index contributed by atoms with van der Waals surface area (Å²) in [5, 5.41) is 1.15. The highest BCUT2D eigenvalue weighted by Gasteiger charge is 2.15. The van der Waals surface area contributed by atoms with Crippen LogP contribution in [0.5, 0.6) is 0 Å². The Hall–Kier alpha value is -0.730. The molecular weight excluding hydrogens is 279 g/mol. The van der Waals surface area contributed by atoms with Crippen molar-refractivity contribution in [1.82, 2.24) is 9.97 Å². The fourth-order valence-electron chi connectivity index (χ4n) is 3.00. The van der Waals surface area contributed by atoms with Crippen LogP contribution in [0.1, 0.15) is 44.3 Å². The molecule has 1 aromatic carbocycles. The van der Waals surface area contributed by atoms with E-state index in [4.69, 9.17) is 23.2 Å². The number of nitrogens with one attached hydrogen (secondary N) is 1. The molecule has 3 rings (SSSR count). The van der Waals surface area contributed by atoms with Gasteiger partial charge in [-0.1, -0.05) is 61.7 Å². The van der Waals surface area contributed by atoms with Crippen molar-refractivity contribution < 1.29 is 0 Å². The minimum atomic E-state index is 0.571. The normalized spacial score (nSPS) is 17.8. The zero-order valence-corrected chi connectivity index (χ0v) is 12.4. The minimum Gasteiger partial charge on any atom is -0.342 e. The molecular formula is C15H18Cl2N2. The molecule has 0 radical (unpaired) electrons. The Kier molecular flexibility index (Phi) is 3.99. The molecule has 1 fully saturated rings. The third-order valence-corrected chi connectivity index (χ3v) is 4.75. The second-order valence-corrected chi connectivity index (χ2v) is 6.34. The molecule has 1 aromatic heterocycles. The van der Waals surface area contributed by atoms with Crippen LogP contribution in [0.25, 0.3) is 11.0 Å². The first-order chi connectivity index (χ1) is 9.22. The summed E-state index contributed by atoms with van der Waals surface area (Å²) in [7, 11) is 0. The Balaban J connectivity index is 1.80. The lowest BCUT2D eigenvalue weighted by Gasteiger charge is -2.11. The Morgan fingerprint density at radius 1 is 1.05 bits per heavy atom. The standard InChI is InChI=1S/C15H18Cl2N2/c16-11-8-13-14(9-12(11)17)19-15(18-13)7-10-5-3-1-2-4-6-10/h8-10H,1-7H2,(H,18,19). The van der Waals surface area contributed by atoms with Crippen LogP contribution in [0.15, 0.2) is 12.1 Å². The molecule has 102 valence electrons. The summed E-state index contributed by atoms with van der Waals surface area (Å²) in [6, 6.07) is 3.70. The molecule has 2 aromatic rings. The largest absolute Gasteiger partial charge is 0.342 e. The van der Waals surface area contributed by atoms with Crippen LogP contribution in [0.3, 0.4) is 0 Å². The lowest BCUT2D eigenvalue weighted by molar-refractivity contribution is 0.450. The molecule has 0 spiro atoms. The van der Waals surface area contributed by atoms with Gasteiger partial charge in [0.15, 0.2) is 0 Å². The average molecular weight is 297 g/mol. The van der Waals surface area contributed by atoms with Crippen molar-refractivity contribution >= 4 is 34.2 Å². The summed E-state index contributed by atoms with van der Waals surface area (Å²) < 4.78 is 0. The smallest absolute Gasteiger partial charge is 0.107 e. The molecule has 0 amide bonds. The Labute approximate surface area is 123 Å². The van der Waals surface area contributed by atoms with E-state index in [9.17, 15) is 0 Å². The van der Waals surface area contributed by atoms with Gasteiger partial charge in [0.2, 0.25) is 0 Å². The number of nitrogens with zero attached hydrogens (tertiary/aromatic N) is 1. The van der Waals surface area contributed by atoms with Gasteiger partial charge in [-0.15, -0.1) is 0 Å². The van der Waals surface area contributed by atoms with E-state index < -0.39 is 0 Å². The molecule has 0 aliphatic heterocycles. The van der Waals surface area contributed by atoms with Gasteiger partial charge in [0.1, 0.15) is 5.82 Å². The fourth-order valence-corrected chi connectivity index (χ4v) is 3.32. The molecule has 0 saturated heterocycles. The molecule has 1 saturated carbocycles. The maximum atomic E-state index is 6.03. The van der Waals surface area contributed by atoms with Gasteiger partial charge in [-0.25, -0.2) is 4.98 Å². The van der Waals surface area contributed by atoms with Crippen LogP contribution in [0, 0.1) is 5.92 Å². The summed E-state index contributed by atoms with van der Waals surface area (Å²) in [6.07, 6.45) is 9.22. The van der Waals surface area contributed by atoms with Crippen molar-refractivity contribution in [2.45, 2.75) is 44.9 Å². The Bertz CT molecular complexity index is 530. The third-order valence-electron chi connectivity index (χ3n) is 4.03. The van der Waals surface area contributed by atoms with Gasteiger partial charge in [-0.2, -0.15) is 0 Å². The van der Waals surface area contributed by atoms with Crippen molar-refractivity contribution in [3.05, 3.63) is 28.0 Å². The van der Waals surface area contributed by atoms with Crippen molar-refractivity contribution in [3.8, 4) is 0 Å². The fraction of sp³-hybridized carbons (Fsp3) is 0.533. The highest BCUT2D eigenvalue weighted by molar-refractivity contribution is 6.42. The summed E-state index contributed by atoms with van der Waals surface area (Å²) in [5.41, 5.74) is 1.90. The zero-order valence-electron chi connectivity index (χ0n) is 10.9. The summed E-state index contributed by atoms with van der Waals surface area (Å²) >= 11 is 12.1. The average Bonchev–Trinajstić information content (AvgIpc) is 2.60. The van der Waals surface area contributed by atoms with Crippen LogP contribution >= 0.6 is 23.2 Å². The molecule has 2 nitrogen and oxygen atoms in total. The number of hydrogen-bond acceptors (Lipinski definition) is 1. The number of fused-ring (bicyclic) bond motifs is 1. The second kappa shape index (κ2) is 5.72. The van der Waals surface area contributed by atoms with Crippen molar-refractivity contribution in [2.24, 2.45) is 5.92 Å². The number of aromatic amines is 1. The minimum absolute atomic E-state index is 0.571.